The van der Waals surface area contributed by atoms with Gasteiger partial charge in [0, 0.05) is 5.39 Å². The standard InChI is InChI=1S/C29H31N3O4/c1-3-4-9-18-35-23-16-14-22(15-17-23)19-32-25-12-7-6-11-24(25)28(29(32)34)31-30-27(33)20-36-26-13-8-5-10-21(26)2/h5-8,10-17,34H,3-4,9,18-20H2,1-2H3. The number of benzene rings is 3. The second kappa shape index (κ2) is 12.0. The van der Waals surface area contributed by atoms with Crippen molar-refractivity contribution in [2.45, 2.75) is 39.7 Å². The number of fused-ring (bicyclic) bond motifs is 1. The minimum absolute atomic E-state index is 0.0486. The van der Waals surface area contributed by atoms with Gasteiger partial charge in [-0.15, -0.1) is 10.2 Å². The lowest BCUT2D eigenvalue weighted by atomic mass is 10.2. The van der Waals surface area contributed by atoms with Crippen molar-refractivity contribution in [1.82, 2.24) is 4.57 Å². The maximum atomic E-state index is 12.3. The van der Waals surface area contributed by atoms with Crippen LogP contribution in [0.2, 0.25) is 0 Å². The fourth-order valence-electron chi connectivity index (χ4n) is 3.94. The van der Waals surface area contributed by atoms with Crippen LogP contribution in [0.1, 0.15) is 37.3 Å². The number of carbonyl (C=O) groups excluding carboxylic acids is 1. The summed E-state index contributed by atoms with van der Waals surface area (Å²) in [5.41, 5.74) is 2.98. The van der Waals surface area contributed by atoms with Crippen molar-refractivity contribution < 1.29 is 19.4 Å². The first kappa shape index (κ1) is 25.0. The van der Waals surface area contributed by atoms with Gasteiger partial charge < -0.3 is 19.1 Å². The number of carbonyl (C=O) groups is 1. The van der Waals surface area contributed by atoms with Crippen LogP contribution in [-0.2, 0) is 11.3 Å². The van der Waals surface area contributed by atoms with E-state index < -0.39 is 5.91 Å². The summed E-state index contributed by atoms with van der Waals surface area (Å²) in [5, 5.41) is 19.6. The highest BCUT2D eigenvalue weighted by Crippen LogP contribution is 2.39. The number of amides is 1. The monoisotopic (exact) mass is 485 g/mol. The van der Waals surface area contributed by atoms with Crippen molar-refractivity contribution in [3.8, 4) is 17.4 Å². The third-order valence-corrected chi connectivity index (χ3v) is 5.90. The Morgan fingerprint density at radius 2 is 1.69 bits per heavy atom. The van der Waals surface area contributed by atoms with Crippen LogP contribution < -0.4 is 9.47 Å². The Balaban J connectivity index is 1.48. The van der Waals surface area contributed by atoms with Crippen molar-refractivity contribution in [1.29, 1.82) is 0 Å². The molecule has 0 bridgehead atoms. The van der Waals surface area contributed by atoms with Crippen LogP contribution in [0.3, 0.4) is 0 Å². The molecule has 0 unspecified atom stereocenters. The Morgan fingerprint density at radius 3 is 2.47 bits per heavy atom. The molecule has 0 radical (unpaired) electrons. The number of ether oxygens (including phenoxy) is 2. The molecule has 4 aromatic rings. The maximum absolute atomic E-state index is 12.3. The van der Waals surface area contributed by atoms with Gasteiger partial charge in [-0.25, -0.2) is 0 Å². The highest BCUT2D eigenvalue weighted by Gasteiger charge is 2.17. The Morgan fingerprint density at radius 1 is 0.944 bits per heavy atom. The van der Waals surface area contributed by atoms with Gasteiger partial charge in [-0.2, -0.15) is 0 Å². The number of hydrogen-bond acceptors (Lipinski definition) is 5. The van der Waals surface area contributed by atoms with Crippen molar-refractivity contribution in [3.05, 3.63) is 83.9 Å². The topological polar surface area (TPSA) is 85.4 Å². The number of unbranched alkanes of at least 4 members (excludes halogenated alkanes) is 2. The van der Waals surface area contributed by atoms with Gasteiger partial charge in [-0.3, -0.25) is 4.79 Å². The summed E-state index contributed by atoms with van der Waals surface area (Å²) in [7, 11) is 0. The maximum Gasteiger partial charge on any atom is 0.302 e. The molecule has 1 aromatic heterocycles. The number of azo groups is 1. The zero-order valence-electron chi connectivity index (χ0n) is 20.7. The minimum atomic E-state index is -0.538. The number of rotatable bonds is 11. The minimum Gasteiger partial charge on any atom is -0.494 e. The van der Waals surface area contributed by atoms with Crippen LogP contribution in [0.5, 0.6) is 17.4 Å². The predicted octanol–water partition coefficient (Wildman–Crippen LogP) is 6.96. The summed E-state index contributed by atoms with van der Waals surface area (Å²) in [6.45, 7) is 4.98. The third kappa shape index (κ3) is 6.10. The van der Waals surface area contributed by atoms with Crippen LogP contribution >= 0.6 is 0 Å². The summed E-state index contributed by atoms with van der Waals surface area (Å²) >= 11 is 0. The van der Waals surface area contributed by atoms with Gasteiger partial charge in [0.25, 0.3) is 0 Å². The Kier molecular flexibility index (Phi) is 8.34. The summed E-state index contributed by atoms with van der Waals surface area (Å²) in [6.07, 6.45) is 3.36. The Hall–Kier alpha value is -4.13. The van der Waals surface area contributed by atoms with Gasteiger partial charge in [0.05, 0.1) is 18.7 Å². The van der Waals surface area contributed by atoms with Gasteiger partial charge in [0.1, 0.15) is 11.5 Å². The zero-order chi connectivity index (χ0) is 25.3. The van der Waals surface area contributed by atoms with Crippen molar-refractivity contribution in [2.24, 2.45) is 10.2 Å². The fraction of sp³-hybridized carbons (Fsp3) is 0.276. The Bertz CT molecular complexity index is 1340. The normalized spacial score (nSPS) is 11.3. The van der Waals surface area contributed by atoms with E-state index in [2.05, 4.69) is 17.2 Å². The SMILES string of the molecule is CCCCCOc1ccc(Cn2c(O)c(N=NC(=O)COc3ccccc3C)c3ccccc32)cc1. The second-order valence-corrected chi connectivity index (χ2v) is 8.62. The number of nitrogens with zero attached hydrogens (tertiary/aromatic N) is 3. The quantitative estimate of drug-likeness (QED) is 0.184. The van der Waals surface area contributed by atoms with Crippen LogP contribution in [0, 0.1) is 6.92 Å². The first-order chi connectivity index (χ1) is 17.6. The van der Waals surface area contributed by atoms with Crippen LogP contribution in [0.4, 0.5) is 5.69 Å². The largest absolute Gasteiger partial charge is 0.494 e. The molecule has 3 aromatic carbocycles. The van der Waals surface area contributed by atoms with E-state index in [4.69, 9.17) is 9.47 Å². The fourth-order valence-corrected chi connectivity index (χ4v) is 3.94. The van der Waals surface area contributed by atoms with Gasteiger partial charge in [0.2, 0.25) is 5.88 Å². The number of para-hydroxylation sites is 2. The first-order valence-corrected chi connectivity index (χ1v) is 12.2. The first-order valence-electron chi connectivity index (χ1n) is 12.2. The third-order valence-electron chi connectivity index (χ3n) is 5.90. The molecule has 4 rings (SSSR count). The molecule has 0 atom stereocenters. The second-order valence-electron chi connectivity index (χ2n) is 8.62. The van der Waals surface area contributed by atoms with E-state index in [9.17, 15) is 9.90 Å². The highest BCUT2D eigenvalue weighted by atomic mass is 16.5. The molecule has 0 spiro atoms. The van der Waals surface area contributed by atoms with Gasteiger partial charge >= 0.3 is 5.91 Å². The lowest BCUT2D eigenvalue weighted by Gasteiger charge is -2.09. The number of hydrogen-bond donors (Lipinski definition) is 1. The van der Waals surface area contributed by atoms with E-state index in [1.807, 2.05) is 73.7 Å². The molecule has 7 heteroatoms. The molecular formula is C29H31N3O4. The van der Waals surface area contributed by atoms with E-state index in [-0.39, 0.29) is 18.2 Å². The van der Waals surface area contributed by atoms with Crippen molar-refractivity contribution in [2.75, 3.05) is 13.2 Å². The molecule has 36 heavy (non-hydrogen) atoms. The average Bonchev–Trinajstić information content (AvgIpc) is 3.16. The number of aryl methyl sites for hydroxylation is 1. The van der Waals surface area contributed by atoms with Crippen LogP contribution in [0.15, 0.2) is 83.0 Å². The van der Waals surface area contributed by atoms with E-state index in [1.165, 1.54) is 0 Å². The molecule has 1 N–H and O–H groups in total. The Labute approximate surface area is 211 Å². The highest BCUT2D eigenvalue weighted by molar-refractivity contribution is 5.95. The summed E-state index contributed by atoms with van der Waals surface area (Å²) < 4.78 is 13.1. The van der Waals surface area contributed by atoms with Gasteiger partial charge in [-0.05, 0) is 48.7 Å². The zero-order valence-corrected chi connectivity index (χ0v) is 20.7. The smallest absolute Gasteiger partial charge is 0.302 e. The van der Waals surface area contributed by atoms with E-state index in [0.717, 1.165) is 41.7 Å². The molecule has 1 amide bonds. The number of aromatic nitrogens is 1. The number of aromatic hydroxyl groups is 1. The molecular weight excluding hydrogens is 454 g/mol. The average molecular weight is 486 g/mol. The molecule has 0 fully saturated rings. The predicted molar refractivity (Wildman–Crippen MR) is 140 cm³/mol. The van der Waals surface area contributed by atoms with Gasteiger partial charge in [-0.1, -0.05) is 68.3 Å². The van der Waals surface area contributed by atoms with E-state index >= 15 is 0 Å². The summed E-state index contributed by atoms with van der Waals surface area (Å²) in [6, 6.07) is 22.8. The van der Waals surface area contributed by atoms with Crippen molar-refractivity contribution in [3.63, 3.8) is 0 Å². The molecule has 1 heterocycles. The van der Waals surface area contributed by atoms with Crippen molar-refractivity contribution >= 4 is 22.5 Å². The molecule has 7 nitrogen and oxygen atoms in total. The van der Waals surface area contributed by atoms with Crippen LogP contribution in [-0.4, -0.2) is 28.8 Å². The van der Waals surface area contributed by atoms with E-state index in [0.29, 0.717) is 24.3 Å². The molecule has 0 aliphatic heterocycles. The van der Waals surface area contributed by atoms with Crippen LogP contribution in [0.25, 0.3) is 10.9 Å². The summed E-state index contributed by atoms with van der Waals surface area (Å²) in [5.74, 6) is 0.867. The lowest BCUT2D eigenvalue weighted by Crippen LogP contribution is -2.08. The molecule has 0 aliphatic carbocycles. The molecule has 0 saturated heterocycles. The molecule has 186 valence electrons. The molecule has 0 aliphatic rings. The van der Waals surface area contributed by atoms with Gasteiger partial charge in [0.15, 0.2) is 12.3 Å². The lowest BCUT2D eigenvalue weighted by molar-refractivity contribution is -0.120. The summed E-state index contributed by atoms with van der Waals surface area (Å²) in [4.78, 5) is 12.3. The molecule has 0 saturated carbocycles. The van der Waals surface area contributed by atoms with E-state index in [1.54, 1.807) is 10.6 Å².